The smallest absolute Gasteiger partial charge is 0.308 e. The van der Waals surface area contributed by atoms with Gasteiger partial charge in [-0.3, -0.25) is 14.4 Å². The molecule has 22 heavy (non-hydrogen) atoms. The van der Waals surface area contributed by atoms with E-state index in [-0.39, 0.29) is 31.4 Å². The van der Waals surface area contributed by atoms with Gasteiger partial charge in [0, 0.05) is 6.54 Å². The molecule has 0 aromatic heterocycles. The second kappa shape index (κ2) is 11.9. The zero-order chi connectivity index (χ0) is 16.8. The van der Waals surface area contributed by atoms with Gasteiger partial charge in [0.2, 0.25) is 12.3 Å². The average molecular weight is 318 g/mol. The summed E-state index contributed by atoms with van der Waals surface area (Å²) in [6.07, 6.45) is 0.668. The number of hydrogen-bond donors (Lipinski definition) is 2. The van der Waals surface area contributed by atoms with Gasteiger partial charge < -0.3 is 24.8 Å². The molecule has 0 aromatic carbocycles. The molecule has 0 aliphatic rings. The Kier molecular flexibility index (Phi) is 11.0. The Morgan fingerprint density at radius 3 is 2.27 bits per heavy atom. The second-order valence-corrected chi connectivity index (χ2v) is 5.41. The number of nitrogens with one attached hydrogen (secondary N) is 2. The quantitative estimate of drug-likeness (QED) is 0.289. The van der Waals surface area contributed by atoms with Crippen molar-refractivity contribution in [3.05, 3.63) is 0 Å². The zero-order valence-corrected chi connectivity index (χ0v) is 13.5. The van der Waals surface area contributed by atoms with Gasteiger partial charge in [-0.25, -0.2) is 0 Å². The van der Waals surface area contributed by atoms with E-state index in [2.05, 4.69) is 10.6 Å². The maximum atomic E-state index is 11.4. The molecule has 0 spiro atoms. The van der Waals surface area contributed by atoms with Gasteiger partial charge >= 0.3 is 5.97 Å². The Morgan fingerprint density at radius 2 is 1.68 bits per heavy atom. The lowest BCUT2D eigenvalue weighted by Gasteiger charge is -2.19. The summed E-state index contributed by atoms with van der Waals surface area (Å²) in [5, 5.41) is 4.82. The van der Waals surface area contributed by atoms with E-state index in [0.717, 1.165) is 0 Å². The molecule has 128 valence electrons. The standard InChI is InChI=1S/C14H26N2O6/c1-14(2,3)22-13(19)4-6-20-8-9-21-7-5-16-12(18)10-15-11-17/h11H,4-10H2,1-3H3,(H,15,17)(H,16,18). The van der Waals surface area contributed by atoms with Crippen LogP contribution in [0.5, 0.6) is 0 Å². The van der Waals surface area contributed by atoms with Crippen LogP contribution in [0.1, 0.15) is 27.2 Å². The molecule has 0 aromatic rings. The van der Waals surface area contributed by atoms with Crippen molar-refractivity contribution < 1.29 is 28.6 Å². The van der Waals surface area contributed by atoms with E-state index in [1.807, 2.05) is 20.8 Å². The van der Waals surface area contributed by atoms with Crippen molar-refractivity contribution in [3.63, 3.8) is 0 Å². The summed E-state index contributed by atoms with van der Waals surface area (Å²) in [7, 11) is 0. The molecule has 0 bridgehead atoms. The minimum atomic E-state index is -0.480. The van der Waals surface area contributed by atoms with E-state index in [0.29, 0.717) is 32.8 Å². The van der Waals surface area contributed by atoms with Gasteiger partial charge in [-0.15, -0.1) is 0 Å². The Bertz CT molecular complexity index is 341. The Hall–Kier alpha value is -1.67. The molecule has 0 atom stereocenters. The van der Waals surface area contributed by atoms with Crippen molar-refractivity contribution in [1.82, 2.24) is 10.6 Å². The van der Waals surface area contributed by atoms with Crippen LogP contribution >= 0.6 is 0 Å². The zero-order valence-electron chi connectivity index (χ0n) is 13.5. The normalized spacial score (nSPS) is 10.9. The number of hydrogen-bond acceptors (Lipinski definition) is 6. The molecule has 0 radical (unpaired) electrons. The molecule has 2 N–H and O–H groups in total. The van der Waals surface area contributed by atoms with Crippen LogP contribution in [0.3, 0.4) is 0 Å². The molecule has 0 fully saturated rings. The highest BCUT2D eigenvalue weighted by atomic mass is 16.6. The van der Waals surface area contributed by atoms with Crippen LogP contribution in [-0.4, -0.2) is 63.4 Å². The SMILES string of the molecule is CC(C)(C)OC(=O)CCOCCOCCNC(=O)CNC=O. The van der Waals surface area contributed by atoms with E-state index < -0.39 is 5.60 Å². The lowest BCUT2D eigenvalue weighted by atomic mass is 10.2. The Morgan fingerprint density at radius 1 is 1.05 bits per heavy atom. The van der Waals surface area contributed by atoms with Gasteiger partial charge in [0.05, 0.1) is 39.4 Å². The van der Waals surface area contributed by atoms with Crippen LogP contribution in [0, 0.1) is 0 Å². The fraction of sp³-hybridized carbons (Fsp3) is 0.786. The first kappa shape index (κ1) is 20.3. The molecule has 0 heterocycles. The van der Waals surface area contributed by atoms with E-state index in [1.165, 1.54) is 0 Å². The van der Waals surface area contributed by atoms with E-state index in [4.69, 9.17) is 14.2 Å². The predicted molar refractivity (Wildman–Crippen MR) is 79.2 cm³/mol. The van der Waals surface area contributed by atoms with Gasteiger partial charge in [-0.05, 0) is 20.8 Å². The van der Waals surface area contributed by atoms with Gasteiger partial charge in [0.15, 0.2) is 0 Å². The molecule has 0 saturated carbocycles. The first-order chi connectivity index (χ1) is 10.3. The van der Waals surface area contributed by atoms with E-state index in [9.17, 15) is 14.4 Å². The summed E-state index contributed by atoms with van der Waals surface area (Å²) >= 11 is 0. The van der Waals surface area contributed by atoms with Crippen molar-refractivity contribution in [1.29, 1.82) is 0 Å². The summed E-state index contributed by atoms with van der Waals surface area (Å²) in [6.45, 7) is 7.12. The highest BCUT2D eigenvalue weighted by Crippen LogP contribution is 2.07. The van der Waals surface area contributed by atoms with Crippen molar-refractivity contribution in [3.8, 4) is 0 Å². The molecule has 8 nitrogen and oxygen atoms in total. The van der Waals surface area contributed by atoms with Crippen molar-refractivity contribution >= 4 is 18.3 Å². The third-order valence-corrected chi connectivity index (χ3v) is 2.16. The van der Waals surface area contributed by atoms with Crippen LogP contribution in [0.4, 0.5) is 0 Å². The van der Waals surface area contributed by atoms with Gasteiger partial charge in [0.25, 0.3) is 0 Å². The highest BCUT2D eigenvalue weighted by Gasteiger charge is 2.15. The molecule has 2 amide bonds. The number of amides is 2. The number of esters is 1. The molecule has 0 rings (SSSR count). The van der Waals surface area contributed by atoms with Crippen molar-refractivity contribution in [2.45, 2.75) is 32.8 Å². The lowest BCUT2D eigenvalue weighted by molar-refractivity contribution is -0.156. The molecular formula is C14H26N2O6. The molecule has 0 aliphatic heterocycles. The topological polar surface area (TPSA) is 103 Å². The minimum Gasteiger partial charge on any atom is -0.460 e. The molecule has 0 aliphatic carbocycles. The third-order valence-electron chi connectivity index (χ3n) is 2.16. The minimum absolute atomic E-state index is 0.0444. The predicted octanol–water partition coefficient (Wildman–Crippen LogP) is -0.386. The van der Waals surface area contributed by atoms with Crippen LogP contribution in [-0.2, 0) is 28.6 Å². The molecule has 0 saturated heterocycles. The molecule has 8 heteroatoms. The highest BCUT2D eigenvalue weighted by molar-refractivity contribution is 5.79. The molecular weight excluding hydrogens is 292 g/mol. The lowest BCUT2D eigenvalue weighted by Crippen LogP contribution is -2.35. The number of carbonyl (C=O) groups is 3. The molecule has 0 unspecified atom stereocenters. The second-order valence-electron chi connectivity index (χ2n) is 5.41. The third kappa shape index (κ3) is 14.7. The van der Waals surface area contributed by atoms with Crippen molar-refractivity contribution in [2.24, 2.45) is 0 Å². The maximum Gasteiger partial charge on any atom is 0.308 e. The number of ether oxygens (including phenoxy) is 3. The maximum absolute atomic E-state index is 11.4. The first-order valence-electron chi connectivity index (χ1n) is 7.16. The largest absolute Gasteiger partial charge is 0.460 e. The number of rotatable bonds is 12. The van der Waals surface area contributed by atoms with Crippen molar-refractivity contribution in [2.75, 3.05) is 39.5 Å². The Balaban J connectivity index is 3.32. The Labute approximate surface area is 130 Å². The fourth-order valence-electron chi connectivity index (χ4n) is 1.33. The van der Waals surface area contributed by atoms with Crippen LogP contribution in [0.15, 0.2) is 0 Å². The summed E-state index contributed by atoms with van der Waals surface area (Å²) in [6, 6.07) is 0. The van der Waals surface area contributed by atoms with Gasteiger partial charge in [0.1, 0.15) is 5.60 Å². The number of carbonyl (C=O) groups excluding carboxylic acids is 3. The van der Waals surface area contributed by atoms with Crippen LogP contribution in [0.25, 0.3) is 0 Å². The van der Waals surface area contributed by atoms with E-state index in [1.54, 1.807) is 0 Å². The summed E-state index contributed by atoms with van der Waals surface area (Å²) in [4.78, 5) is 32.4. The summed E-state index contributed by atoms with van der Waals surface area (Å²) < 4.78 is 15.6. The monoisotopic (exact) mass is 318 g/mol. The first-order valence-corrected chi connectivity index (χ1v) is 7.16. The van der Waals surface area contributed by atoms with Gasteiger partial charge in [-0.2, -0.15) is 0 Å². The summed E-state index contributed by atoms with van der Waals surface area (Å²) in [5.74, 6) is -0.565. The van der Waals surface area contributed by atoms with Gasteiger partial charge in [-0.1, -0.05) is 0 Å². The fourth-order valence-corrected chi connectivity index (χ4v) is 1.33. The van der Waals surface area contributed by atoms with Crippen LogP contribution in [0.2, 0.25) is 0 Å². The summed E-state index contributed by atoms with van der Waals surface area (Å²) in [5.41, 5.74) is -0.480. The van der Waals surface area contributed by atoms with Crippen LogP contribution < -0.4 is 10.6 Å². The van der Waals surface area contributed by atoms with E-state index >= 15 is 0 Å². The average Bonchev–Trinajstić information content (AvgIpc) is 2.41.